The molecular formula is C25H30O4S. The second kappa shape index (κ2) is 8.10. The summed E-state index contributed by atoms with van der Waals surface area (Å²) in [5.41, 5.74) is 3.47. The van der Waals surface area contributed by atoms with Crippen LogP contribution >= 0.6 is 11.3 Å². The summed E-state index contributed by atoms with van der Waals surface area (Å²) < 4.78 is 4.67. The molecule has 0 atom stereocenters. The number of hydrogen-bond acceptors (Lipinski definition) is 5. The molecule has 1 aromatic carbocycles. The Morgan fingerprint density at radius 3 is 2.00 bits per heavy atom. The Bertz CT molecular complexity index is 993. The molecule has 3 rings (SSSR count). The fraction of sp³-hybridized carbons (Fsp3) is 0.480. The first-order chi connectivity index (χ1) is 14.0. The number of hydrogen-bond donors (Lipinski definition) is 0. The quantitative estimate of drug-likeness (QED) is 0.417. The summed E-state index contributed by atoms with van der Waals surface area (Å²) in [6, 6.07) is 6.36. The Hall–Kier alpha value is -2.27. The number of esters is 1. The van der Waals surface area contributed by atoms with Crippen LogP contribution in [0.3, 0.4) is 0 Å². The molecule has 0 unspecified atom stereocenters. The topological polar surface area (TPSA) is 60.4 Å². The molecular weight excluding hydrogens is 396 g/mol. The monoisotopic (exact) mass is 426 g/mol. The van der Waals surface area contributed by atoms with Crippen LogP contribution in [0, 0.1) is 6.92 Å². The Labute approximate surface area is 182 Å². The summed E-state index contributed by atoms with van der Waals surface area (Å²) in [5.74, 6) is -0.496. The third kappa shape index (κ3) is 4.13. The SMILES string of the molecule is COC(=O)c1ccc(C(=O)CCC(=O)c2sc3c(c2C)C(C)(C)CCC3(C)C)cc1. The molecule has 0 saturated heterocycles. The molecule has 0 saturated carbocycles. The van der Waals surface area contributed by atoms with Crippen LogP contribution in [0.25, 0.3) is 0 Å². The minimum Gasteiger partial charge on any atom is -0.465 e. The van der Waals surface area contributed by atoms with Crippen molar-refractivity contribution < 1.29 is 19.1 Å². The first kappa shape index (κ1) is 22.4. The molecule has 1 aliphatic rings. The summed E-state index contributed by atoms with van der Waals surface area (Å²) in [4.78, 5) is 39.2. The fourth-order valence-electron chi connectivity index (χ4n) is 4.33. The molecule has 1 heterocycles. The van der Waals surface area contributed by atoms with Crippen molar-refractivity contribution in [2.75, 3.05) is 7.11 Å². The van der Waals surface area contributed by atoms with Gasteiger partial charge in [0.15, 0.2) is 11.6 Å². The van der Waals surface area contributed by atoms with Crippen LogP contribution in [0.4, 0.5) is 0 Å². The highest BCUT2D eigenvalue weighted by atomic mass is 32.1. The third-order valence-corrected chi connectivity index (χ3v) is 7.97. The van der Waals surface area contributed by atoms with E-state index in [0.717, 1.165) is 23.3 Å². The van der Waals surface area contributed by atoms with Gasteiger partial charge in [-0.15, -0.1) is 11.3 Å². The molecule has 0 amide bonds. The van der Waals surface area contributed by atoms with E-state index >= 15 is 0 Å². The Morgan fingerprint density at radius 2 is 1.43 bits per heavy atom. The summed E-state index contributed by atoms with van der Waals surface area (Å²) in [6.45, 7) is 11.1. The summed E-state index contributed by atoms with van der Waals surface area (Å²) in [5, 5.41) is 0. The second-order valence-corrected chi connectivity index (χ2v) is 10.5. The van der Waals surface area contributed by atoms with Crippen molar-refractivity contribution in [1.82, 2.24) is 0 Å². The van der Waals surface area contributed by atoms with Gasteiger partial charge in [-0.05, 0) is 53.9 Å². The molecule has 0 bridgehead atoms. The van der Waals surface area contributed by atoms with Crippen LogP contribution in [0.15, 0.2) is 24.3 Å². The average Bonchev–Trinajstić information content (AvgIpc) is 3.08. The number of carbonyl (C=O) groups excluding carboxylic acids is 3. The van der Waals surface area contributed by atoms with E-state index in [2.05, 4.69) is 39.4 Å². The van der Waals surface area contributed by atoms with Gasteiger partial charge in [-0.1, -0.05) is 39.8 Å². The van der Waals surface area contributed by atoms with Crippen molar-refractivity contribution in [2.24, 2.45) is 0 Å². The minimum atomic E-state index is -0.438. The number of thiophene rings is 1. The van der Waals surface area contributed by atoms with Crippen LogP contribution < -0.4 is 0 Å². The predicted molar refractivity (Wildman–Crippen MR) is 120 cm³/mol. The molecule has 5 heteroatoms. The van der Waals surface area contributed by atoms with E-state index in [9.17, 15) is 14.4 Å². The van der Waals surface area contributed by atoms with E-state index in [4.69, 9.17) is 0 Å². The van der Waals surface area contributed by atoms with Crippen LogP contribution in [0.1, 0.15) is 99.8 Å². The zero-order valence-corrected chi connectivity index (χ0v) is 19.5. The standard InChI is InChI=1S/C25H30O4S/c1-15-20-22(25(4,5)14-13-24(20,2)3)30-21(15)19(27)12-11-18(26)16-7-9-17(10-8-16)23(28)29-6/h7-10H,11-14H2,1-6H3. The first-order valence-electron chi connectivity index (χ1n) is 10.4. The molecule has 0 radical (unpaired) electrons. The van der Waals surface area contributed by atoms with Crippen molar-refractivity contribution in [3.63, 3.8) is 0 Å². The van der Waals surface area contributed by atoms with Crippen molar-refractivity contribution >= 4 is 28.9 Å². The van der Waals surface area contributed by atoms with Gasteiger partial charge in [0.05, 0.1) is 17.6 Å². The number of ketones is 2. The number of methoxy groups -OCH3 is 1. The maximum Gasteiger partial charge on any atom is 0.337 e. The largest absolute Gasteiger partial charge is 0.465 e. The number of carbonyl (C=O) groups is 3. The van der Waals surface area contributed by atoms with Crippen molar-refractivity contribution in [3.8, 4) is 0 Å². The van der Waals surface area contributed by atoms with Gasteiger partial charge in [0.2, 0.25) is 0 Å². The molecule has 0 aliphatic heterocycles. The number of fused-ring (bicyclic) bond motifs is 1. The predicted octanol–water partition coefficient (Wildman–Crippen LogP) is 6.04. The lowest BCUT2D eigenvalue weighted by molar-refractivity contribution is 0.0600. The van der Waals surface area contributed by atoms with Gasteiger partial charge < -0.3 is 4.74 Å². The highest BCUT2D eigenvalue weighted by molar-refractivity contribution is 7.14. The van der Waals surface area contributed by atoms with Crippen LogP contribution in [-0.2, 0) is 15.6 Å². The van der Waals surface area contributed by atoms with Gasteiger partial charge in [0.25, 0.3) is 0 Å². The zero-order valence-electron chi connectivity index (χ0n) is 18.7. The highest BCUT2D eigenvalue weighted by Gasteiger charge is 2.41. The van der Waals surface area contributed by atoms with Crippen molar-refractivity contribution in [3.05, 3.63) is 56.3 Å². The number of ether oxygens (including phenoxy) is 1. The molecule has 4 nitrogen and oxygen atoms in total. The summed E-state index contributed by atoms with van der Waals surface area (Å²) in [6.07, 6.45) is 2.57. The van der Waals surface area contributed by atoms with Gasteiger partial charge in [-0.2, -0.15) is 0 Å². The van der Waals surface area contributed by atoms with E-state index < -0.39 is 5.97 Å². The van der Waals surface area contributed by atoms with Gasteiger partial charge in [-0.3, -0.25) is 9.59 Å². The molecule has 0 N–H and O–H groups in total. The van der Waals surface area contributed by atoms with E-state index in [1.54, 1.807) is 35.6 Å². The average molecular weight is 427 g/mol. The number of rotatable bonds is 6. The molecule has 0 fully saturated rings. The van der Waals surface area contributed by atoms with Crippen LogP contribution in [0.2, 0.25) is 0 Å². The van der Waals surface area contributed by atoms with Gasteiger partial charge in [-0.25, -0.2) is 4.79 Å². The molecule has 1 aliphatic carbocycles. The lowest BCUT2D eigenvalue weighted by atomic mass is 9.66. The van der Waals surface area contributed by atoms with E-state index in [-0.39, 0.29) is 35.2 Å². The van der Waals surface area contributed by atoms with Gasteiger partial charge in [0, 0.05) is 23.3 Å². The van der Waals surface area contributed by atoms with Crippen molar-refractivity contribution in [1.29, 1.82) is 0 Å². The number of benzene rings is 1. The molecule has 2 aromatic rings. The fourth-order valence-corrected chi connectivity index (χ4v) is 5.91. The smallest absolute Gasteiger partial charge is 0.337 e. The molecule has 1 aromatic heterocycles. The summed E-state index contributed by atoms with van der Waals surface area (Å²) in [7, 11) is 1.32. The van der Waals surface area contributed by atoms with E-state index in [1.165, 1.54) is 17.6 Å². The minimum absolute atomic E-state index is 0.0398. The lowest BCUT2D eigenvalue weighted by Gasteiger charge is -2.39. The first-order valence-corrected chi connectivity index (χ1v) is 11.2. The summed E-state index contributed by atoms with van der Waals surface area (Å²) >= 11 is 1.62. The second-order valence-electron chi connectivity index (χ2n) is 9.44. The normalized spacial score (nSPS) is 16.6. The lowest BCUT2D eigenvalue weighted by Crippen LogP contribution is -2.32. The Morgan fingerprint density at radius 1 is 0.900 bits per heavy atom. The van der Waals surface area contributed by atoms with Gasteiger partial charge in [0.1, 0.15) is 0 Å². The Kier molecular flexibility index (Phi) is 6.06. The zero-order chi connectivity index (χ0) is 22.3. The Balaban J connectivity index is 1.75. The molecule has 30 heavy (non-hydrogen) atoms. The van der Waals surface area contributed by atoms with Gasteiger partial charge >= 0.3 is 5.97 Å². The van der Waals surface area contributed by atoms with Crippen LogP contribution in [-0.4, -0.2) is 24.6 Å². The van der Waals surface area contributed by atoms with Crippen molar-refractivity contribution in [2.45, 2.75) is 71.1 Å². The third-order valence-electron chi connectivity index (χ3n) is 6.27. The number of Topliss-reactive ketones (excluding diaryl/α,β-unsaturated/α-hetero) is 2. The highest BCUT2D eigenvalue weighted by Crippen LogP contribution is 2.51. The molecule has 160 valence electrons. The molecule has 0 spiro atoms. The van der Waals surface area contributed by atoms with E-state index in [1.807, 2.05) is 0 Å². The maximum absolute atomic E-state index is 13.0. The van der Waals surface area contributed by atoms with Crippen LogP contribution in [0.5, 0.6) is 0 Å². The van der Waals surface area contributed by atoms with E-state index in [0.29, 0.717) is 11.1 Å². The maximum atomic E-state index is 13.0.